The molecule has 2 rings (SSSR count). The number of ether oxygens (including phenoxy) is 1. The zero-order valence-corrected chi connectivity index (χ0v) is 12.7. The fraction of sp³-hybridized carbons (Fsp3) is 0.750. The molecule has 0 saturated heterocycles. The molecule has 0 radical (unpaired) electrons. The molecule has 0 aromatic carbocycles. The van der Waals surface area contributed by atoms with Crippen LogP contribution in [-0.4, -0.2) is 31.2 Å². The molecule has 1 saturated carbocycles. The smallest absolute Gasteiger partial charge is 0.280 e. The Labute approximate surface area is 118 Å². The number of aryl methyl sites for hydroxylation is 1. The van der Waals surface area contributed by atoms with E-state index in [1.165, 1.54) is 0 Å². The second-order valence-electron chi connectivity index (χ2n) is 4.87. The minimum absolute atomic E-state index is 0.0504. The number of nitrogens with zero attached hydrogens (tertiary/aromatic N) is 2. The van der Waals surface area contributed by atoms with Crippen molar-refractivity contribution in [3.05, 3.63) is 12.0 Å². The molecule has 2 atom stereocenters. The zero-order chi connectivity index (χ0) is 14.0. The number of rotatable bonds is 4. The van der Waals surface area contributed by atoms with Crippen LogP contribution in [0.3, 0.4) is 0 Å². The summed E-state index contributed by atoms with van der Waals surface area (Å²) in [6, 6.07) is 0.244. The number of methoxy groups -OCH3 is 1. The Morgan fingerprint density at radius 2 is 2.26 bits per heavy atom. The van der Waals surface area contributed by atoms with Gasteiger partial charge in [-0.1, -0.05) is 6.92 Å². The predicted octanol–water partition coefficient (Wildman–Crippen LogP) is 2.50. The van der Waals surface area contributed by atoms with Gasteiger partial charge >= 0.3 is 0 Å². The van der Waals surface area contributed by atoms with Gasteiger partial charge in [0.2, 0.25) is 0 Å². The maximum atomic E-state index is 11.4. The quantitative estimate of drug-likeness (QED) is 0.802. The van der Waals surface area contributed by atoms with E-state index in [9.17, 15) is 8.42 Å². The minimum Gasteiger partial charge on any atom is -0.381 e. The fourth-order valence-corrected chi connectivity index (χ4v) is 3.37. The Kier molecular flexibility index (Phi) is 4.53. The summed E-state index contributed by atoms with van der Waals surface area (Å²) >= 11 is 0. The molecule has 0 amide bonds. The lowest BCUT2D eigenvalue weighted by molar-refractivity contribution is 0.0525. The highest BCUT2D eigenvalue weighted by molar-refractivity contribution is 8.13. The van der Waals surface area contributed by atoms with Crippen molar-refractivity contribution < 1.29 is 13.2 Å². The number of imidazole rings is 1. The topological polar surface area (TPSA) is 61.2 Å². The van der Waals surface area contributed by atoms with Gasteiger partial charge in [0.1, 0.15) is 5.82 Å². The van der Waals surface area contributed by atoms with Crippen molar-refractivity contribution in [2.45, 2.75) is 56.2 Å². The van der Waals surface area contributed by atoms with Crippen LogP contribution in [0.5, 0.6) is 0 Å². The first-order valence-corrected chi connectivity index (χ1v) is 8.81. The van der Waals surface area contributed by atoms with Crippen LogP contribution in [0.1, 0.15) is 44.5 Å². The van der Waals surface area contributed by atoms with E-state index in [4.69, 9.17) is 15.4 Å². The summed E-state index contributed by atoms with van der Waals surface area (Å²) in [5.74, 6) is 0.765. The largest absolute Gasteiger partial charge is 0.381 e. The van der Waals surface area contributed by atoms with Crippen molar-refractivity contribution in [2.24, 2.45) is 0 Å². The van der Waals surface area contributed by atoms with Gasteiger partial charge in [-0.15, -0.1) is 0 Å². The third-order valence-corrected chi connectivity index (χ3v) is 4.85. The van der Waals surface area contributed by atoms with Crippen LogP contribution in [0.15, 0.2) is 11.2 Å². The summed E-state index contributed by atoms with van der Waals surface area (Å²) in [6.45, 7) is 1.96. The molecular weight excluding hydrogens is 288 g/mol. The average molecular weight is 307 g/mol. The van der Waals surface area contributed by atoms with Gasteiger partial charge in [-0.05, 0) is 25.7 Å². The molecular formula is C12H19ClN2O3S. The van der Waals surface area contributed by atoms with Gasteiger partial charge in [0.25, 0.3) is 9.05 Å². The third-order valence-electron chi connectivity index (χ3n) is 3.68. The zero-order valence-electron chi connectivity index (χ0n) is 11.2. The second-order valence-corrected chi connectivity index (χ2v) is 7.38. The molecule has 5 nitrogen and oxygen atoms in total. The minimum atomic E-state index is -3.76. The third kappa shape index (κ3) is 3.30. The van der Waals surface area contributed by atoms with E-state index >= 15 is 0 Å². The molecule has 19 heavy (non-hydrogen) atoms. The molecule has 7 heteroatoms. The molecule has 1 aromatic heterocycles. The first-order valence-electron chi connectivity index (χ1n) is 6.51. The number of hydrogen-bond acceptors (Lipinski definition) is 4. The summed E-state index contributed by atoms with van der Waals surface area (Å²) < 4.78 is 30.1. The summed E-state index contributed by atoms with van der Waals surface area (Å²) in [7, 11) is 3.32. The Morgan fingerprint density at radius 3 is 2.84 bits per heavy atom. The lowest BCUT2D eigenvalue weighted by Crippen LogP contribution is -2.24. The van der Waals surface area contributed by atoms with Crippen LogP contribution in [0.4, 0.5) is 0 Å². The van der Waals surface area contributed by atoms with E-state index in [1.807, 2.05) is 11.5 Å². The molecule has 0 spiro atoms. The van der Waals surface area contributed by atoms with E-state index in [0.29, 0.717) is 6.42 Å². The van der Waals surface area contributed by atoms with Gasteiger partial charge in [0.05, 0.1) is 6.10 Å². The monoisotopic (exact) mass is 306 g/mol. The molecule has 0 N–H and O–H groups in total. The Bertz CT molecular complexity index is 541. The van der Waals surface area contributed by atoms with E-state index in [2.05, 4.69) is 4.98 Å². The van der Waals surface area contributed by atoms with E-state index in [1.54, 1.807) is 13.3 Å². The van der Waals surface area contributed by atoms with Crippen LogP contribution in [0.25, 0.3) is 0 Å². The SMILES string of the molecule is CCc1nc(S(=O)(=O)Cl)cn1C1CCCC(OC)C1. The summed E-state index contributed by atoms with van der Waals surface area (Å²) in [6.07, 6.45) is 6.52. The first kappa shape index (κ1) is 14.8. The second kappa shape index (κ2) is 5.81. The highest BCUT2D eigenvalue weighted by Gasteiger charge is 2.26. The maximum absolute atomic E-state index is 11.4. The van der Waals surface area contributed by atoms with Crippen molar-refractivity contribution in [1.82, 2.24) is 9.55 Å². The Hall–Kier alpha value is -0.590. The lowest BCUT2D eigenvalue weighted by Gasteiger charge is -2.30. The van der Waals surface area contributed by atoms with Gasteiger partial charge in [-0.3, -0.25) is 0 Å². The van der Waals surface area contributed by atoms with Gasteiger partial charge in [0, 0.05) is 36.5 Å². The molecule has 2 unspecified atom stereocenters. The van der Waals surface area contributed by atoms with Crippen molar-refractivity contribution in [3.63, 3.8) is 0 Å². The van der Waals surface area contributed by atoms with Crippen molar-refractivity contribution >= 4 is 19.7 Å². The van der Waals surface area contributed by atoms with Crippen molar-refractivity contribution in [3.8, 4) is 0 Å². The molecule has 0 aliphatic heterocycles. The van der Waals surface area contributed by atoms with Gasteiger partial charge in [0.15, 0.2) is 5.03 Å². The molecule has 1 heterocycles. The van der Waals surface area contributed by atoms with Crippen LogP contribution >= 0.6 is 10.7 Å². The van der Waals surface area contributed by atoms with E-state index < -0.39 is 9.05 Å². The van der Waals surface area contributed by atoms with Crippen LogP contribution in [-0.2, 0) is 20.2 Å². The Morgan fingerprint density at radius 1 is 1.53 bits per heavy atom. The van der Waals surface area contributed by atoms with Crippen LogP contribution in [0.2, 0.25) is 0 Å². The number of aromatic nitrogens is 2. The molecule has 1 fully saturated rings. The normalized spacial score (nSPS) is 24.6. The molecule has 108 valence electrons. The number of halogens is 1. The van der Waals surface area contributed by atoms with Gasteiger partial charge in [-0.25, -0.2) is 13.4 Å². The van der Waals surface area contributed by atoms with E-state index in [-0.39, 0.29) is 17.2 Å². The predicted molar refractivity (Wildman–Crippen MR) is 72.9 cm³/mol. The summed E-state index contributed by atoms with van der Waals surface area (Å²) in [5.41, 5.74) is 0. The molecule has 1 aliphatic rings. The fourth-order valence-electron chi connectivity index (χ4n) is 2.69. The van der Waals surface area contributed by atoms with Crippen LogP contribution < -0.4 is 0 Å². The number of hydrogen-bond donors (Lipinski definition) is 0. The van der Waals surface area contributed by atoms with Gasteiger partial charge in [-0.2, -0.15) is 0 Å². The maximum Gasteiger partial charge on any atom is 0.280 e. The van der Waals surface area contributed by atoms with Crippen molar-refractivity contribution in [1.29, 1.82) is 0 Å². The Balaban J connectivity index is 2.30. The highest BCUT2D eigenvalue weighted by Crippen LogP contribution is 2.32. The highest BCUT2D eigenvalue weighted by atomic mass is 35.7. The van der Waals surface area contributed by atoms with Gasteiger partial charge < -0.3 is 9.30 Å². The average Bonchev–Trinajstić information content (AvgIpc) is 2.83. The van der Waals surface area contributed by atoms with E-state index in [0.717, 1.165) is 31.5 Å². The first-order chi connectivity index (χ1) is 8.95. The molecule has 1 aromatic rings. The van der Waals surface area contributed by atoms with Crippen molar-refractivity contribution in [2.75, 3.05) is 7.11 Å². The lowest BCUT2D eigenvalue weighted by atomic mass is 9.92. The molecule has 1 aliphatic carbocycles. The summed E-state index contributed by atoms with van der Waals surface area (Å²) in [5, 5.41) is -0.0504. The van der Waals surface area contributed by atoms with Crippen LogP contribution in [0, 0.1) is 0 Å². The molecule has 0 bridgehead atoms. The summed E-state index contributed by atoms with van der Waals surface area (Å²) in [4.78, 5) is 4.13. The standard InChI is InChI=1S/C12H19ClN2O3S/c1-3-11-14-12(19(13,16)17)8-15(11)9-5-4-6-10(7-9)18-2/h8-10H,3-7H2,1-2H3.